The van der Waals surface area contributed by atoms with E-state index < -0.39 is 6.10 Å². The number of para-hydroxylation sites is 2. The lowest BCUT2D eigenvalue weighted by Crippen LogP contribution is -2.30. The van der Waals surface area contributed by atoms with Crippen molar-refractivity contribution in [2.75, 3.05) is 5.32 Å². The van der Waals surface area contributed by atoms with Crippen molar-refractivity contribution in [3.05, 3.63) is 59.7 Å². The molecular formula is C17H19NO2. The molecule has 1 N–H and O–H groups in total. The lowest BCUT2D eigenvalue weighted by molar-refractivity contribution is -0.122. The fraction of sp³-hybridized carbons (Fsp3) is 0.235. The summed E-state index contributed by atoms with van der Waals surface area (Å²) in [5.41, 5.74) is 2.84. The van der Waals surface area contributed by atoms with Crippen molar-refractivity contribution in [1.82, 2.24) is 0 Å². The maximum atomic E-state index is 12.1. The molecule has 0 aromatic heterocycles. The van der Waals surface area contributed by atoms with Gasteiger partial charge in [0.25, 0.3) is 5.91 Å². The van der Waals surface area contributed by atoms with Crippen molar-refractivity contribution < 1.29 is 9.53 Å². The number of benzene rings is 2. The predicted octanol–water partition coefficient (Wildman–Crippen LogP) is 3.71. The average molecular weight is 269 g/mol. The molecule has 0 saturated heterocycles. The minimum absolute atomic E-state index is 0.154. The van der Waals surface area contributed by atoms with Crippen LogP contribution in [0, 0.1) is 13.8 Å². The number of hydrogen-bond acceptors (Lipinski definition) is 2. The molecule has 2 aromatic rings. The molecular weight excluding hydrogens is 250 g/mol. The SMILES string of the molecule is Cc1cccc(C)c1OC(C)C(=O)Nc1ccccc1. The second-order valence-electron chi connectivity index (χ2n) is 4.84. The second kappa shape index (κ2) is 6.24. The van der Waals surface area contributed by atoms with Gasteiger partial charge < -0.3 is 10.1 Å². The van der Waals surface area contributed by atoms with Gasteiger partial charge in [0.05, 0.1) is 0 Å². The molecule has 2 rings (SSSR count). The van der Waals surface area contributed by atoms with Gasteiger partial charge in [0.1, 0.15) is 5.75 Å². The quantitative estimate of drug-likeness (QED) is 0.919. The molecule has 0 fully saturated rings. The minimum atomic E-state index is -0.546. The van der Waals surface area contributed by atoms with E-state index in [9.17, 15) is 4.79 Å². The zero-order valence-electron chi connectivity index (χ0n) is 12.0. The van der Waals surface area contributed by atoms with Crippen molar-refractivity contribution in [3.8, 4) is 5.75 Å². The van der Waals surface area contributed by atoms with Crippen LogP contribution in [0.5, 0.6) is 5.75 Å². The van der Waals surface area contributed by atoms with Gasteiger partial charge in [-0.1, -0.05) is 36.4 Å². The summed E-state index contributed by atoms with van der Waals surface area (Å²) < 4.78 is 5.80. The summed E-state index contributed by atoms with van der Waals surface area (Å²) in [6.45, 7) is 5.71. The van der Waals surface area contributed by atoms with E-state index in [1.807, 2.05) is 62.4 Å². The second-order valence-corrected chi connectivity index (χ2v) is 4.84. The number of aryl methyl sites for hydroxylation is 2. The van der Waals surface area contributed by atoms with Gasteiger partial charge in [0.2, 0.25) is 0 Å². The summed E-state index contributed by atoms with van der Waals surface area (Å²) in [5.74, 6) is 0.627. The van der Waals surface area contributed by atoms with E-state index in [-0.39, 0.29) is 5.91 Å². The first kappa shape index (κ1) is 14.1. The fourth-order valence-corrected chi connectivity index (χ4v) is 1.98. The molecule has 1 amide bonds. The van der Waals surface area contributed by atoms with E-state index in [0.717, 1.165) is 22.6 Å². The fourth-order valence-electron chi connectivity index (χ4n) is 1.98. The molecule has 3 nitrogen and oxygen atoms in total. The Labute approximate surface area is 119 Å². The van der Waals surface area contributed by atoms with Crippen molar-refractivity contribution in [3.63, 3.8) is 0 Å². The zero-order chi connectivity index (χ0) is 14.5. The Bertz CT molecular complexity index is 573. The van der Waals surface area contributed by atoms with Crippen LogP contribution >= 0.6 is 0 Å². The van der Waals surface area contributed by atoms with Gasteiger partial charge in [-0.05, 0) is 44.0 Å². The molecule has 0 aliphatic rings. The normalized spacial score (nSPS) is 11.8. The number of carbonyl (C=O) groups is 1. The summed E-state index contributed by atoms with van der Waals surface area (Å²) >= 11 is 0. The van der Waals surface area contributed by atoms with Crippen molar-refractivity contribution >= 4 is 11.6 Å². The monoisotopic (exact) mass is 269 g/mol. The first-order chi connectivity index (χ1) is 9.58. The molecule has 20 heavy (non-hydrogen) atoms. The van der Waals surface area contributed by atoms with Gasteiger partial charge in [0.15, 0.2) is 6.10 Å². The lowest BCUT2D eigenvalue weighted by atomic mass is 10.1. The molecule has 3 heteroatoms. The Morgan fingerprint density at radius 2 is 1.60 bits per heavy atom. The first-order valence-corrected chi connectivity index (χ1v) is 6.66. The standard InChI is InChI=1S/C17H19NO2/c1-12-8-7-9-13(2)16(12)20-14(3)17(19)18-15-10-5-4-6-11-15/h4-11,14H,1-3H3,(H,18,19). The van der Waals surface area contributed by atoms with E-state index in [4.69, 9.17) is 4.74 Å². The molecule has 104 valence electrons. The number of rotatable bonds is 4. The van der Waals surface area contributed by atoms with Gasteiger partial charge in [-0.2, -0.15) is 0 Å². The number of ether oxygens (including phenoxy) is 1. The van der Waals surface area contributed by atoms with Crippen LogP contribution in [0.25, 0.3) is 0 Å². The average Bonchev–Trinajstić information content (AvgIpc) is 2.44. The minimum Gasteiger partial charge on any atom is -0.480 e. The highest BCUT2D eigenvalue weighted by molar-refractivity contribution is 5.94. The zero-order valence-corrected chi connectivity index (χ0v) is 12.0. The van der Waals surface area contributed by atoms with Gasteiger partial charge in [-0.15, -0.1) is 0 Å². The number of hydrogen-bond donors (Lipinski definition) is 1. The van der Waals surface area contributed by atoms with Gasteiger partial charge in [-0.3, -0.25) is 4.79 Å². The van der Waals surface area contributed by atoms with Crippen LogP contribution in [0.15, 0.2) is 48.5 Å². The van der Waals surface area contributed by atoms with E-state index in [1.165, 1.54) is 0 Å². The summed E-state index contributed by atoms with van der Waals surface area (Å²) in [7, 11) is 0. The molecule has 0 heterocycles. The van der Waals surface area contributed by atoms with Crippen molar-refractivity contribution in [2.45, 2.75) is 26.9 Å². The van der Waals surface area contributed by atoms with Crippen LogP contribution in [-0.2, 0) is 4.79 Å². The van der Waals surface area contributed by atoms with E-state index in [0.29, 0.717) is 0 Å². The lowest BCUT2D eigenvalue weighted by Gasteiger charge is -2.18. The number of carbonyl (C=O) groups excluding carboxylic acids is 1. The Balaban J connectivity index is 2.05. The molecule has 1 atom stereocenters. The molecule has 0 saturated carbocycles. The van der Waals surface area contributed by atoms with Crippen molar-refractivity contribution in [2.24, 2.45) is 0 Å². The maximum absolute atomic E-state index is 12.1. The van der Waals surface area contributed by atoms with E-state index in [2.05, 4.69) is 5.32 Å². The third-order valence-electron chi connectivity index (χ3n) is 3.11. The molecule has 0 bridgehead atoms. The Kier molecular flexibility index (Phi) is 4.41. The van der Waals surface area contributed by atoms with Crippen LogP contribution in [0.3, 0.4) is 0 Å². The summed E-state index contributed by atoms with van der Waals surface area (Å²) in [5, 5.41) is 2.84. The molecule has 0 aliphatic carbocycles. The topological polar surface area (TPSA) is 38.3 Å². The predicted molar refractivity (Wildman–Crippen MR) is 81.1 cm³/mol. The van der Waals surface area contributed by atoms with Gasteiger partial charge in [-0.25, -0.2) is 0 Å². The highest BCUT2D eigenvalue weighted by Gasteiger charge is 2.16. The number of anilines is 1. The molecule has 1 unspecified atom stereocenters. The van der Waals surface area contributed by atoms with Crippen molar-refractivity contribution in [1.29, 1.82) is 0 Å². The molecule has 2 aromatic carbocycles. The largest absolute Gasteiger partial charge is 0.480 e. The molecule has 0 aliphatic heterocycles. The number of amides is 1. The van der Waals surface area contributed by atoms with Crippen LogP contribution in [-0.4, -0.2) is 12.0 Å². The van der Waals surface area contributed by atoms with Crippen LogP contribution in [0.1, 0.15) is 18.1 Å². The van der Waals surface area contributed by atoms with Crippen LogP contribution in [0.2, 0.25) is 0 Å². The number of nitrogens with one attached hydrogen (secondary N) is 1. The van der Waals surface area contributed by atoms with Gasteiger partial charge >= 0.3 is 0 Å². The molecule has 0 radical (unpaired) electrons. The van der Waals surface area contributed by atoms with Crippen LogP contribution in [0.4, 0.5) is 5.69 Å². The Morgan fingerprint density at radius 3 is 2.20 bits per heavy atom. The van der Waals surface area contributed by atoms with E-state index in [1.54, 1.807) is 6.92 Å². The van der Waals surface area contributed by atoms with Gasteiger partial charge in [0, 0.05) is 5.69 Å². The Hall–Kier alpha value is -2.29. The smallest absolute Gasteiger partial charge is 0.265 e. The third-order valence-corrected chi connectivity index (χ3v) is 3.11. The highest BCUT2D eigenvalue weighted by atomic mass is 16.5. The third kappa shape index (κ3) is 3.38. The summed E-state index contributed by atoms with van der Waals surface area (Å²) in [6, 6.07) is 15.3. The highest BCUT2D eigenvalue weighted by Crippen LogP contribution is 2.23. The maximum Gasteiger partial charge on any atom is 0.265 e. The Morgan fingerprint density at radius 1 is 1.00 bits per heavy atom. The molecule has 0 spiro atoms. The van der Waals surface area contributed by atoms with Crippen LogP contribution < -0.4 is 10.1 Å². The summed E-state index contributed by atoms with van der Waals surface area (Å²) in [4.78, 5) is 12.1. The van der Waals surface area contributed by atoms with E-state index >= 15 is 0 Å². The first-order valence-electron chi connectivity index (χ1n) is 6.66. The summed E-state index contributed by atoms with van der Waals surface area (Å²) in [6.07, 6.45) is -0.546.